The van der Waals surface area contributed by atoms with E-state index in [2.05, 4.69) is 26.0 Å². The number of hydrogen-bond acceptors (Lipinski definition) is 3. The van der Waals surface area contributed by atoms with Crippen LogP contribution in [0.5, 0.6) is 0 Å². The zero-order valence-corrected chi connectivity index (χ0v) is 10.2. The first-order valence-electron chi connectivity index (χ1n) is 4.36. The maximum Gasteiger partial charge on any atom is 0.182 e. The summed E-state index contributed by atoms with van der Waals surface area (Å²) in [6.45, 7) is 1.79. The molecule has 0 aliphatic rings. The van der Waals surface area contributed by atoms with Crippen LogP contribution < -0.4 is 0 Å². The summed E-state index contributed by atoms with van der Waals surface area (Å²) < 4.78 is 2.18. The first-order valence-corrected chi connectivity index (χ1v) is 5.53. The second-order valence-electron chi connectivity index (χ2n) is 2.97. The molecule has 0 radical (unpaired) electrons. The smallest absolute Gasteiger partial charge is 0.182 e. The van der Waals surface area contributed by atoms with Crippen LogP contribution in [-0.2, 0) is 0 Å². The first-order chi connectivity index (χ1) is 7.13. The standard InChI is InChI=1S/C9H7BrClN3O/c1-2-7(15)6-4-12-9-5(10)3-8(11)13-14(6)9/h3-4H,2H2,1H3. The van der Waals surface area contributed by atoms with Gasteiger partial charge in [0, 0.05) is 6.42 Å². The van der Waals surface area contributed by atoms with Crippen LogP contribution in [0.4, 0.5) is 0 Å². The van der Waals surface area contributed by atoms with Crippen LogP contribution in [0.25, 0.3) is 5.65 Å². The average Bonchev–Trinajstić information content (AvgIpc) is 2.60. The molecule has 0 amide bonds. The summed E-state index contributed by atoms with van der Waals surface area (Å²) in [4.78, 5) is 15.7. The Morgan fingerprint density at radius 1 is 1.67 bits per heavy atom. The fourth-order valence-corrected chi connectivity index (χ4v) is 2.08. The Morgan fingerprint density at radius 3 is 3.07 bits per heavy atom. The Morgan fingerprint density at radius 2 is 2.40 bits per heavy atom. The number of ketones is 1. The van der Waals surface area contributed by atoms with E-state index in [0.29, 0.717) is 22.9 Å². The molecule has 2 aromatic heterocycles. The second-order valence-corrected chi connectivity index (χ2v) is 4.21. The van der Waals surface area contributed by atoms with Gasteiger partial charge < -0.3 is 0 Å². The number of rotatable bonds is 2. The number of hydrogen-bond donors (Lipinski definition) is 0. The summed E-state index contributed by atoms with van der Waals surface area (Å²) in [6, 6.07) is 1.64. The lowest BCUT2D eigenvalue weighted by Gasteiger charge is -1.99. The van der Waals surface area contributed by atoms with Crippen LogP contribution >= 0.6 is 27.5 Å². The molecule has 15 heavy (non-hydrogen) atoms. The van der Waals surface area contributed by atoms with E-state index in [1.165, 1.54) is 10.7 Å². The lowest BCUT2D eigenvalue weighted by atomic mass is 10.2. The average molecular weight is 289 g/mol. The van der Waals surface area contributed by atoms with Gasteiger partial charge in [0.2, 0.25) is 0 Å². The summed E-state index contributed by atoms with van der Waals surface area (Å²) in [7, 11) is 0. The molecular weight excluding hydrogens is 281 g/mol. The SMILES string of the molecule is CCC(=O)c1cnc2c(Br)cc(Cl)nn12. The van der Waals surface area contributed by atoms with Gasteiger partial charge in [-0.2, -0.15) is 5.10 Å². The normalized spacial score (nSPS) is 10.9. The highest BCUT2D eigenvalue weighted by Crippen LogP contribution is 2.20. The van der Waals surface area contributed by atoms with Crippen LogP contribution in [0, 0.1) is 0 Å². The van der Waals surface area contributed by atoms with E-state index in [9.17, 15) is 4.79 Å². The van der Waals surface area contributed by atoms with Crippen molar-refractivity contribution in [2.24, 2.45) is 0 Å². The molecule has 0 spiro atoms. The lowest BCUT2D eigenvalue weighted by Crippen LogP contribution is -2.04. The Kier molecular flexibility index (Phi) is 2.75. The molecule has 2 heterocycles. The summed E-state index contributed by atoms with van der Waals surface area (Å²) >= 11 is 9.11. The van der Waals surface area contributed by atoms with Crippen molar-refractivity contribution in [2.75, 3.05) is 0 Å². The Labute approximate surface area is 99.4 Å². The van der Waals surface area contributed by atoms with Gasteiger partial charge in [-0.25, -0.2) is 9.50 Å². The molecule has 0 aliphatic carbocycles. The zero-order valence-electron chi connectivity index (χ0n) is 7.87. The van der Waals surface area contributed by atoms with Gasteiger partial charge in [0.15, 0.2) is 16.6 Å². The van der Waals surface area contributed by atoms with E-state index in [1.54, 1.807) is 13.0 Å². The van der Waals surface area contributed by atoms with Crippen molar-refractivity contribution in [1.82, 2.24) is 14.6 Å². The third kappa shape index (κ3) is 1.77. The molecule has 4 nitrogen and oxygen atoms in total. The highest BCUT2D eigenvalue weighted by atomic mass is 79.9. The number of aromatic nitrogens is 3. The minimum Gasteiger partial charge on any atom is -0.292 e. The van der Waals surface area contributed by atoms with Crippen LogP contribution in [-0.4, -0.2) is 20.4 Å². The largest absolute Gasteiger partial charge is 0.292 e. The summed E-state index contributed by atoms with van der Waals surface area (Å²) in [5.74, 6) is -0.0100. The van der Waals surface area contributed by atoms with Crippen LogP contribution in [0.15, 0.2) is 16.7 Å². The molecular formula is C9H7BrClN3O. The predicted molar refractivity (Wildman–Crippen MR) is 60.3 cm³/mol. The second kappa shape index (κ2) is 3.90. The molecule has 2 aromatic rings. The third-order valence-electron chi connectivity index (χ3n) is 2.00. The molecule has 6 heteroatoms. The number of imidazole rings is 1. The maximum absolute atomic E-state index is 11.6. The van der Waals surface area contributed by atoms with Crippen LogP contribution in [0.2, 0.25) is 5.15 Å². The monoisotopic (exact) mass is 287 g/mol. The minimum absolute atomic E-state index is 0.0100. The van der Waals surface area contributed by atoms with Gasteiger partial charge in [-0.3, -0.25) is 4.79 Å². The highest BCUT2D eigenvalue weighted by Gasteiger charge is 2.13. The quantitative estimate of drug-likeness (QED) is 0.798. The van der Waals surface area contributed by atoms with Gasteiger partial charge in [0.25, 0.3) is 0 Å². The highest BCUT2D eigenvalue weighted by molar-refractivity contribution is 9.10. The van der Waals surface area contributed by atoms with Gasteiger partial charge in [-0.15, -0.1) is 0 Å². The molecule has 2 rings (SSSR count). The molecule has 0 aromatic carbocycles. The van der Waals surface area contributed by atoms with Gasteiger partial charge in [-0.05, 0) is 22.0 Å². The molecule has 0 N–H and O–H groups in total. The number of fused-ring (bicyclic) bond motifs is 1. The van der Waals surface area contributed by atoms with Crippen molar-refractivity contribution in [2.45, 2.75) is 13.3 Å². The van der Waals surface area contributed by atoms with E-state index in [0.717, 1.165) is 4.47 Å². The molecule has 0 saturated heterocycles. The number of carbonyl (C=O) groups excluding carboxylic acids is 1. The zero-order chi connectivity index (χ0) is 11.0. The van der Waals surface area contributed by atoms with Gasteiger partial charge in [-0.1, -0.05) is 18.5 Å². The third-order valence-corrected chi connectivity index (χ3v) is 2.77. The Balaban J connectivity index is 2.74. The molecule has 0 unspecified atom stereocenters. The van der Waals surface area contributed by atoms with Crippen molar-refractivity contribution in [3.8, 4) is 0 Å². The molecule has 0 atom stereocenters. The topological polar surface area (TPSA) is 47.3 Å². The Hall–Kier alpha value is -0.940. The van der Waals surface area contributed by atoms with Gasteiger partial charge >= 0.3 is 0 Å². The van der Waals surface area contributed by atoms with E-state index >= 15 is 0 Å². The Bertz CT molecular complexity index is 537. The van der Waals surface area contributed by atoms with Gasteiger partial charge in [0.1, 0.15) is 5.69 Å². The molecule has 0 fully saturated rings. The molecule has 0 saturated carbocycles. The van der Waals surface area contributed by atoms with Crippen molar-refractivity contribution in [3.63, 3.8) is 0 Å². The summed E-state index contributed by atoms with van der Waals surface area (Å²) in [5, 5.41) is 4.35. The minimum atomic E-state index is -0.0100. The maximum atomic E-state index is 11.6. The fraction of sp³-hybridized carbons (Fsp3) is 0.222. The number of Topliss-reactive ketones (excluding diaryl/α,β-unsaturated/α-hetero) is 1. The van der Waals surface area contributed by atoms with Crippen molar-refractivity contribution in [1.29, 1.82) is 0 Å². The van der Waals surface area contributed by atoms with E-state index in [1.807, 2.05) is 0 Å². The van der Waals surface area contributed by atoms with E-state index < -0.39 is 0 Å². The van der Waals surface area contributed by atoms with Gasteiger partial charge in [0.05, 0.1) is 10.7 Å². The van der Waals surface area contributed by atoms with E-state index in [-0.39, 0.29) is 5.78 Å². The van der Waals surface area contributed by atoms with Crippen LogP contribution in [0.1, 0.15) is 23.8 Å². The van der Waals surface area contributed by atoms with Crippen molar-refractivity contribution in [3.05, 3.63) is 27.6 Å². The van der Waals surface area contributed by atoms with Crippen LogP contribution in [0.3, 0.4) is 0 Å². The fourth-order valence-electron chi connectivity index (χ4n) is 1.27. The summed E-state index contributed by atoms with van der Waals surface area (Å²) in [6.07, 6.45) is 1.93. The van der Waals surface area contributed by atoms with E-state index in [4.69, 9.17) is 11.6 Å². The van der Waals surface area contributed by atoms with Crippen molar-refractivity contribution < 1.29 is 4.79 Å². The predicted octanol–water partition coefficient (Wildman–Crippen LogP) is 2.74. The number of carbonyl (C=O) groups is 1. The first kappa shape index (κ1) is 10.6. The number of halogens is 2. The molecule has 0 bridgehead atoms. The van der Waals surface area contributed by atoms with Crippen molar-refractivity contribution >= 4 is 39.0 Å². The molecule has 78 valence electrons. The lowest BCUT2D eigenvalue weighted by molar-refractivity contribution is 0.0981. The summed E-state index contributed by atoms with van der Waals surface area (Å²) in [5.41, 5.74) is 1.05. The molecule has 0 aliphatic heterocycles. The number of nitrogens with zero attached hydrogens (tertiary/aromatic N) is 3.